The molecule has 1 atom stereocenters. The molecule has 1 heterocycles. The third-order valence-corrected chi connectivity index (χ3v) is 2.59. The lowest BCUT2D eigenvalue weighted by Gasteiger charge is -2.11. The average Bonchev–Trinajstić information content (AvgIpc) is 2.74. The molecular formula is C13H22N2O2. The molecule has 0 saturated heterocycles. The Balaban J connectivity index is 2.49. The molecule has 0 aliphatic rings. The van der Waals surface area contributed by atoms with E-state index in [0.29, 0.717) is 12.6 Å². The van der Waals surface area contributed by atoms with Gasteiger partial charge >= 0.3 is 5.97 Å². The molecule has 1 aromatic rings. The zero-order chi connectivity index (χ0) is 12.7. The van der Waals surface area contributed by atoms with E-state index >= 15 is 0 Å². The van der Waals surface area contributed by atoms with Gasteiger partial charge in [0, 0.05) is 18.4 Å². The van der Waals surface area contributed by atoms with Gasteiger partial charge in [0.15, 0.2) is 0 Å². The topological polar surface area (TPSA) is 43.3 Å². The standard InChI is InChI=1S/C13H22N2O2/c1-4-7-14-11(3)12-6-8-15(9-12)10-13(16)17-5-2/h6,8-9,11,14H,4-5,7,10H2,1-3H3. The third kappa shape index (κ3) is 4.61. The number of nitrogens with zero attached hydrogens (tertiary/aromatic N) is 1. The highest BCUT2D eigenvalue weighted by Gasteiger charge is 2.08. The van der Waals surface area contributed by atoms with Crippen LogP contribution >= 0.6 is 0 Å². The summed E-state index contributed by atoms with van der Waals surface area (Å²) in [6.45, 7) is 7.81. The van der Waals surface area contributed by atoms with Gasteiger partial charge in [-0.3, -0.25) is 4.79 Å². The summed E-state index contributed by atoms with van der Waals surface area (Å²) in [5, 5.41) is 3.41. The van der Waals surface area contributed by atoms with Crippen molar-refractivity contribution in [3.8, 4) is 0 Å². The zero-order valence-electron chi connectivity index (χ0n) is 10.9. The smallest absolute Gasteiger partial charge is 0.325 e. The Morgan fingerprint density at radius 2 is 2.29 bits per heavy atom. The van der Waals surface area contributed by atoms with Gasteiger partial charge in [-0.2, -0.15) is 0 Å². The molecule has 1 rings (SSSR count). The van der Waals surface area contributed by atoms with Gasteiger partial charge in [-0.1, -0.05) is 6.92 Å². The normalized spacial score (nSPS) is 12.4. The second-order valence-electron chi connectivity index (χ2n) is 4.10. The average molecular weight is 238 g/mol. The molecule has 0 aliphatic carbocycles. The number of esters is 1. The van der Waals surface area contributed by atoms with Gasteiger partial charge in [-0.05, 0) is 38.4 Å². The molecule has 4 nitrogen and oxygen atoms in total. The van der Waals surface area contributed by atoms with E-state index in [1.54, 1.807) is 0 Å². The molecule has 17 heavy (non-hydrogen) atoms. The van der Waals surface area contributed by atoms with Gasteiger partial charge in [-0.25, -0.2) is 0 Å². The maximum Gasteiger partial charge on any atom is 0.325 e. The molecule has 0 bridgehead atoms. The maximum atomic E-state index is 11.3. The number of carbonyl (C=O) groups excluding carboxylic acids is 1. The van der Waals surface area contributed by atoms with Crippen LogP contribution < -0.4 is 5.32 Å². The fourth-order valence-electron chi connectivity index (χ4n) is 1.65. The minimum Gasteiger partial charge on any atom is -0.465 e. The van der Waals surface area contributed by atoms with Crippen LogP contribution in [0.4, 0.5) is 0 Å². The van der Waals surface area contributed by atoms with Crippen molar-refractivity contribution in [1.82, 2.24) is 9.88 Å². The van der Waals surface area contributed by atoms with Crippen molar-refractivity contribution in [2.45, 2.75) is 39.8 Å². The van der Waals surface area contributed by atoms with Crippen LogP contribution in [0.25, 0.3) is 0 Å². The van der Waals surface area contributed by atoms with Crippen LogP contribution in [-0.4, -0.2) is 23.7 Å². The Kier molecular flexibility index (Phi) is 5.77. The minimum absolute atomic E-state index is 0.191. The Morgan fingerprint density at radius 1 is 1.53 bits per heavy atom. The predicted octanol–water partition coefficient (Wildman–Crippen LogP) is 2.11. The molecule has 0 aromatic carbocycles. The lowest BCUT2D eigenvalue weighted by Crippen LogP contribution is -2.19. The molecule has 1 N–H and O–H groups in total. The van der Waals surface area contributed by atoms with Crippen LogP contribution in [0.1, 0.15) is 38.8 Å². The van der Waals surface area contributed by atoms with E-state index in [1.807, 2.05) is 30.0 Å². The van der Waals surface area contributed by atoms with E-state index in [4.69, 9.17) is 4.74 Å². The fraction of sp³-hybridized carbons (Fsp3) is 0.615. The van der Waals surface area contributed by atoms with E-state index in [2.05, 4.69) is 19.2 Å². The highest BCUT2D eigenvalue weighted by Crippen LogP contribution is 2.12. The highest BCUT2D eigenvalue weighted by atomic mass is 16.5. The largest absolute Gasteiger partial charge is 0.465 e. The van der Waals surface area contributed by atoms with Gasteiger partial charge in [0.25, 0.3) is 0 Å². The summed E-state index contributed by atoms with van der Waals surface area (Å²) in [5.41, 5.74) is 1.20. The van der Waals surface area contributed by atoms with Crippen LogP contribution in [0.3, 0.4) is 0 Å². The number of nitrogens with one attached hydrogen (secondary N) is 1. The number of hydrogen-bond donors (Lipinski definition) is 1. The number of aromatic nitrogens is 1. The van der Waals surface area contributed by atoms with Crippen molar-refractivity contribution in [1.29, 1.82) is 0 Å². The molecule has 0 fully saturated rings. The monoisotopic (exact) mass is 238 g/mol. The van der Waals surface area contributed by atoms with Crippen LogP contribution in [0, 0.1) is 0 Å². The lowest BCUT2D eigenvalue weighted by molar-refractivity contribution is -0.143. The minimum atomic E-state index is -0.191. The van der Waals surface area contributed by atoms with Crippen LogP contribution in [-0.2, 0) is 16.1 Å². The first-order valence-electron chi connectivity index (χ1n) is 6.22. The van der Waals surface area contributed by atoms with E-state index < -0.39 is 0 Å². The summed E-state index contributed by atoms with van der Waals surface area (Å²) in [6.07, 6.45) is 5.02. The molecular weight excluding hydrogens is 216 g/mol. The van der Waals surface area contributed by atoms with Crippen LogP contribution in [0.5, 0.6) is 0 Å². The molecule has 1 aromatic heterocycles. The molecule has 0 saturated carbocycles. The van der Waals surface area contributed by atoms with E-state index in [1.165, 1.54) is 5.56 Å². The van der Waals surface area contributed by atoms with E-state index in [9.17, 15) is 4.79 Å². The van der Waals surface area contributed by atoms with Crippen LogP contribution in [0.2, 0.25) is 0 Å². The van der Waals surface area contributed by atoms with E-state index in [0.717, 1.165) is 13.0 Å². The first-order valence-corrected chi connectivity index (χ1v) is 6.22. The predicted molar refractivity (Wildman–Crippen MR) is 67.8 cm³/mol. The first-order chi connectivity index (χ1) is 8.17. The SMILES string of the molecule is CCCNC(C)c1ccn(CC(=O)OCC)c1. The van der Waals surface area contributed by atoms with Gasteiger partial charge in [0.1, 0.15) is 6.54 Å². The van der Waals surface area contributed by atoms with Crippen LogP contribution in [0.15, 0.2) is 18.5 Å². The summed E-state index contributed by atoms with van der Waals surface area (Å²) in [5.74, 6) is -0.191. The molecule has 4 heteroatoms. The second-order valence-corrected chi connectivity index (χ2v) is 4.10. The summed E-state index contributed by atoms with van der Waals surface area (Å²) in [6, 6.07) is 2.35. The molecule has 0 radical (unpaired) electrons. The number of hydrogen-bond acceptors (Lipinski definition) is 3. The second kappa shape index (κ2) is 7.12. The molecule has 0 spiro atoms. The Bertz CT molecular complexity index is 347. The summed E-state index contributed by atoms with van der Waals surface area (Å²) < 4.78 is 6.76. The van der Waals surface area contributed by atoms with Gasteiger partial charge in [0.05, 0.1) is 6.61 Å². The molecule has 0 amide bonds. The van der Waals surface area contributed by atoms with E-state index in [-0.39, 0.29) is 12.5 Å². The Hall–Kier alpha value is -1.29. The lowest BCUT2D eigenvalue weighted by atomic mass is 10.2. The van der Waals surface area contributed by atoms with Crippen molar-refractivity contribution >= 4 is 5.97 Å². The summed E-state index contributed by atoms with van der Waals surface area (Å²) in [7, 11) is 0. The molecule has 1 unspecified atom stereocenters. The van der Waals surface area contributed by atoms with Gasteiger partial charge < -0.3 is 14.6 Å². The van der Waals surface area contributed by atoms with Gasteiger partial charge in [-0.15, -0.1) is 0 Å². The van der Waals surface area contributed by atoms with Crippen molar-refractivity contribution in [3.05, 3.63) is 24.0 Å². The Labute approximate surface area is 103 Å². The number of rotatable bonds is 7. The molecule has 96 valence electrons. The van der Waals surface area contributed by atoms with Crippen molar-refractivity contribution in [3.63, 3.8) is 0 Å². The fourth-order valence-corrected chi connectivity index (χ4v) is 1.65. The molecule has 0 aliphatic heterocycles. The number of carbonyl (C=O) groups is 1. The highest BCUT2D eigenvalue weighted by molar-refractivity contribution is 5.69. The zero-order valence-corrected chi connectivity index (χ0v) is 10.9. The third-order valence-electron chi connectivity index (χ3n) is 2.59. The first kappa shape index (κ1) is 13.8. The quantitative estimate of drug-likeness (QED) is 0.740. The number of ether oxygens (including phenoxy) is 1. The Morgan fingerprint density at radius 3 is 2.94 bits per heavy atom. The summed E-state index contributed by atoms with van der Waals surface area (Å²) in [4.78, 5) is 11.3. The van der Waals surface area contributed by atoms with Crippen molar-refractivity contribution in [2.75, 3.05) is 13.2 Å². The summed E-state index contributed by atoms with van der Waals surface area (Å²) >= 11 is 0. The van der Waals surface area contributed by atoms with Crippen molar-refractivity contribution in [2.24, 2.45) is 0 Å². The maximum absolute atomic E-state index is 11.3. The van der Waals surface area contributed by atoms with Crippen molar-refractivity contribution < 1.29 is 9.53 Å². The van der Waals surface area contributed by atoms with Gasteiger partial charge in [0.2, 0.25) is 0 Å².